The Kier molecular flexibility index (Phi) is 4.86. The Labute approximate surface area is 155 Å². The van der Waals surface area contributed by atoms with Crippen molar-refractivity contribution in [2.45, 2.75) is 31.2 Å². The summed E-state index contributed by atoms with van der Waals surface area (Å²) in [4.78, 5) is 19.3. The number of alkyl halides is 3. The van der Waals surface area contributed by atoms with Gasteiger partial charge in [0.1, 0.15) is 12.9 Å². The molecule has 1 aliphatic heterocycles. The molecule has 0 aliphatic carbocycles. The molecule has 0 radical (unpaired) electrons. The molecule has 0 saturated heterocycles. The van der Waals surface area contributed by atoms with Crippen LogP contribution in [0.4, 0.5) is 27.6 Å². The molecule has 2 aromatic rings. The van der Waals surface area contributed by atoms with Crippen molar-refractivity contribution in [1.29, 1.82) is 0 Å². The molecule has 1 atom stereocenters. The van der Waals surface area contributed by atoms with Crippen LogP contribution in [0, 0.1) is 18.6 Å². The van der Waals surface area contributed by atoms with Crippen LogP contribution in [0.3, 0.4) is 0 Å². The van der Waals surface area contributed by atoms with E-state index >= 15 is 0 Å². The van der Waals surface area contributed by atoms with Crippen molar-refractivity contribution in [1.82, 2.24) is 4.98 Å². The first-order valence-corrected chi connectivity index (χ1v) is 8.10. The normalized spacial score (nSPS) is 21.3. The first kappa shape index (κ1) is 19.8. The largest absolute Gasteiger partial charge is 0.448 e. The van der Waals surface area contributed by atoms with Crippen LogP contribution in [0.5, 0.6) is 0 Å². The number of aliphatic imine (C=N–C) groups is 1. The minimum Gasteiger partial charge on any atom is -0.448 e. The van der Waals surface area contributed by atoms with Gasteiger partial charge in [0.05, 0.1) is 5.84 Å². The lowest BCUT2D eigenvalue weighted by Gasteiger charge is -2.39. The second-order valence-electron chi connectivity index (χ2n) is 6.33. The summed E-state index contributed by atoms with van der Waals surface area (Å²) in [5.74, 6) is -8.08. The number of rotatable bonds is 4. The number of aryl methyl sites for hydroxylation is 1. The number of halogens is 5. The number of oxazole rings is 1. The van der Waals surface area contributed by atoms with Crippen LogP contribution in [0.15, 0.2) is 27.8 Å². The Morgan fingerprint density at radius 1 is 1.36 bits per heavy atom. The maximum atomic E-state index is 14.6. The second-order valence-corrected chi connectivity index (χ2v) is 6.33. The van der Waals surface area contributed by atoms with Gasteiger partial charge in [-0.05, 0) is 6.07 Å². The first-order chi connectivity index (χ1) is 13.1. The summed E-state index contributed by atoms with van der Waals surface area (Å²) in [6, 6.07) is 1.28. The topological polar surface area (TPSA) is 93.5 Å². The number of nitrogens with zero attached hydrogens (tertiary/aromatic N) is 2. The lowest BCUT2D eigenvalue weighted by molar-refractivity contribution is -0.0960. The molecule has 2 heterocycles. The highest BCUT2D eigenvalue weighted by Crippen LogP contribution is 2.48. The highest BCUT2D eigenvalue weighted by molar-refractivity contribution is 6.02. The molecule has 1 aromatic carbocycles. The van der Waals surface area contributed by atoms with E-state index in [0.717, 1.165) is 6.26 Å². The van der Waals surface area contributed by atoms with E-state index < -0.39 is 47.7 Å². The molecule has 1 aromatic heterocycles. The number of hydrogen-bond donors (Lipinski definition) is 2. The minimum atomic E-state index is -3.83. The lowest BCUT2D eigenvalue weighted by Crippen LogP contribution is -2.51. The van der Waals surface area contributed by atoms with Crippen LogP contribution in [-0.2, 0) is 5.54 Å². The first-order valence-electron chi connectivity index (χ1n) is 8.10. The Bertz CT molecular complexity index is 959. The molecule has 28 heavy (non-hydrogen) atoms. The minimum absolute atomic E-state index is 0.172. The van der Waals surface area contributed by atoms with Gasteiger partial charge in [-0.1, -0.05) is 0 Å². The fourth-order valence-electron chi connectivity index (χ4n) is 2.96. The number of carbonyl (C=O) groups excluding carboxylic acids is 1. The third-order valence-electron chi connectivity index (χ3n) is 4.41. The van der Waals surface area contributed by atoms with Gasteiger partial charge < -0.3 is 15.5 Å². The fourth-order valence-corrected chi connectivity index (χ4v) is 2.96. The average Bonchev–Trinajstić information content (AvgIpc) is 3.07. The summed E-state index contributed by atoms with van der Waals surface area (Å²) in [7, 11) is 0. The van der Waals surface area contributed by atoms with Gasteiger partial charge in [0.25, 0.3) is 11.8 Å². The van der Waals surface area contributed by atoms with Crippen LogP contribution in [-0.4, -0.2) is 29.3 Å². The van der Waals surface area contributed by atoms with Crippen LogP contribution >= 0.6 is 0 Å². The molecule has 0 bridgehead atoms. The zero-order chi connectivity index (χ0) is 20.7. The van der Waals surface area contributed by atoms with Gasteiger partial charge in [-0.15, -0.1) is 0 Å². The Balaban J connectivity index is 2.08. The van der Waals surface area contributed by atoms with Crippen molar-refractivity contribution < 1.29 is 31.2 Å². The molecular formula is C17H15F5N4O2. The lowest BCUT2D eigenvalue weighted by atomic mass is 9.80. The highest BCUT2D eigenvalue weighted by Gasteiger charge is 2.58. The van der Waals surface area contributed by atoms with Gasteiger partial charge in [0.2, 0.25) is 0 Å². The predicted octanol–water partition coefficient (Wildman–Crippen LogP) is 3.46. The van der Waals surface area contributed by atoms with Gasteiger partial charge in [-0.3, -0.25) is 9.79 Å². The maximum absolute atomic E-state index is 14.6. The zero-order valence-electron chi connectivity index (χ0n) is 14.5. The van der Waals surface area contributed by atoms with E-state index in [9.17, 15) is 26.7 Å². The monoisotopic (exact) mass is 402 g/mol. The van der Waals surface area contributed by atoms with Gasteiger partial charge in [0, 0.05) is 37.1 Å². The van der Waals surface area contributed by atoms with Crippen molar-refractivity contribution in [3.05, 3.63) is 47.2 Å². The van der Waals surface area contributed by atoms with Crippen molar-refractivity contribution in [3.8, 4) is 0 Å². The number of nitrogens with two attached hydrogens (primary N) is 1. The number of nitrogens with one attached hydrogen (secondary N) is 1. The third-order valence-corrected chi connectivity index (χ3v) is 4.41. The quantitative estimate of drug-likeness (QED) is 0.766. The summed E-state index contributed by atoms with van der Waals surface area (Å²) >= 11 is 0. The van der Waals surface area contributed by atoms with Crippen LogP contribution < -0.4 is 11.1 Å². The molecule has 11 heteroatoms. The van der Waals surface area contributed by atoms with Gasteiger partial charge in [-0.25, -0.2) is 26.9 Å². The summed E-state index contributed by atoms with van der Waals surface area (Å²) < 4.78 is 76.3. The number of carbonyl (C=O) groups is 1. The van der Waals surface area contributed by atoms with Gasteiger partial charge in [-0.2, -0.15) is 0 Å². The number of anilines is 1. The van der Waals surface area contributed by atoms with Crippen molar-refractivity contribution in [2.75, 3.05) is 12.0 Å². The van der Waals surface area contributed by atoms with E-state index in [4.69, 9.17) is 10.2 Å². The number of aromatic nitrogens is 1. The zero-order valence-corrected chi connectivity index (χ0v) is 14.5. The molecule has 150 valence electrons. The van der Waals surface area contributed by atoms with Crippen LogP contribution in [0.25, 0.3) is 0 Å². The Hall–Kier alpha value is -2.98. The van der Waals surface area contributed by atoms with E-state index in [1.165, 1.54) is 6.92 Å². The Morgan fingerprint density at radius 2 is 2.07 bits per heavy atom. The Morgan fingerprint density at radius 3 is 2.68 bits per heavy atom. The fraction of sp³-hybridized carbons (Fsp3) is 0.353. The number of amides is 1. The van der Waals surface area contributed by atoms with E-state index in [2.05, 4.69) is 15.3 Å². The summed E-state index contributed by atoms with van der Waals surface area (Å²) in [5, 5.41) is 2.18. The molecule has 0 fully saturated rings. The second kappa shape index (κ2) is 6.88. The smallest absolute Gasteiger partial charge is 0.280 e. The van der Waals surface area contributed by atoms with E-state index in [1.807, 2.05) is 0 Å². The van der Waals surface area contributed by atoms with Crippen LogP contribution in [0.1, 0.15) is 34.8 Å². The standard InChI is InChI=1S/C17H15F5N4O2/c1-8-24-12(6-28-8)15(27)25-9-4-10(14(20)11(19)5-9)16(7-18)17(21,22)3-2-13(23)26-16/h4-6H,2-3,7H2,1H3,(H2,23,26)(H,25,27). The SMILES string of the molecule is Cc1nc(C(=O)Nc2cc(F)c(F)c(C3(CF)N=C(N)CCC3(F)F)c2)co1. The number of benzene rings is 1. The molecular weight excluding hydrogens is 387 g/mol. The van der Waals surface area contributed by atoms with Crippen molar-refractivity contribution >= 4 is 17.4 Å². The number of amidine groups is 1. The molecule has 1 aliphatic rings. The molecule has 6 nitrogen and oxygen atoms in total. The van der Waals surface area contributed by atoms with Gasteiger partial charge >= 0.3 is 0 Å². The summed E-state index contributed by atoms with van der Waals surface area (Å²) in [6.45, 7) is -0.345. The van der Waals surface area contributed by atoms with Gasteiger partial charge in [0.15, 0.2) is 28.8 Å². The molecule has 0 spiro atoms. The summed E-state index contributed by atoms with van der Waals surface area (Å²) in [5.41, 5.74) is 0.833. The molecule has 3 N–H and O–H groups in total. The van der Waals surface area contributed by atoms with Crippen LogP contribution in [0.2, 0.25) is 0 Å². The predicted molar refractivity (Wildman–Crippen MR) is 89.0 cm³/mol. The van der Waals surface area contributed by atoms with E-state index in [1.54, 1.807) is 0 Å². The van der Waals surface area contributed by atoms with E-state index in [-0.39, 0.29) is 29.5 Å². The molecule has 3 rings (SSSR count). The third kappa shape index (κ3) is 3.20. The average molecular weight is 402 g/mol. The molecule has 1 unspecified atom stereocenters. The van der Waals surface area contributed by atoms with Crippen molar-refractivity contribution in [3.63, 3.8) is 0 Å². The van der Waals surface area contributed by atoms with Crippen molar-refractivity contribution in [2.24, 2.45) is 10.7 Å². The number of hydrogen-bond acceptors (Lipinski definition) is 5. The van der Waals surface area contributed by atoms with E-state index in [0.29, 0.717) is 12.1 Å². The molecule has 0 saturated carbocycles. The molecule has 1 amide bonds. The summed E-state index contributed by atoms with van der Waals surface area (Å²) in [6.07, 6.45) is -0.183. The highest BCUT2D eigenvalue weighted by atomic mass is 19.3. The maximum Gasteiger partial charge on any atom is 0.280 e.